The summed E-state index contributed by atoms with van der Waals surface area (Å²) in [5, 5.41) is 8.15. The average molecular weight is 359 g/mol. The predicted octanol–water partition coefficient (Wildman–Crippen LogP) is 0.998. The molecule has 0 aromatic carbocycles. The van der Waals surface area contributed by atoms with Crippen molar-refractivity contribution in [1.82, 2.24) is 24.7 Å². The van der Waals surface area contributed by atoms with E-state index in [-0.39, 0.29) is 12.0 Å². The van der Waals surface area contributed by atoms with E-state index in [0.29, 0.717) is 42.6 Å². The number of carbonyl (C=O) groups excluding carboxylic acids is 1. The molecule has 4 heterocycles. The highest BCUT2D eigenvalue weighted by atomic mass is 16.5. The van der Waals surface area contributed by atoms with E-state index < -0.39 is 0 Å². The van der Waals surface area contributed by atoms with Crippen molar-refractivity contribution in [1.29, 1.82) is 0 Å². The summed E-state index contributed by atoms with van der Waals surface area (Å²) in [6, 6.07) is 0. The monoisotopic (exact) mass is 359 g/mol. The molecule has 2 saturated heterocycles. The molecule has 140 valence electrons. The zero-order chi connectivity index (χ0) is 18.3. The number of rotatable bonds is 3. The molecule has 26 heavy (non-hydrogen) atoms. The van der Waals surface area contributed by atoms with Crippen molar-refractivity contribution in [2.45, 2.75) is 26.5 Å². The third-order valence-electron chi connectivity index (χ3n) is 5.31. The van der Waals surface area contributed by atoms with Crippen LogP contribution in [0.1, 0.15) is 27.4 Å². The van der Waals surface area contributed by atoms with Crippen LogP contribution in [-0.2, 0) is 18.3 Å². The van der Waals surface area contributed by atoms with E-state index >= 15 is 0 Å². The first-order chi connectivity index (χ1) is 12.5. The van der Waals surface area contributed by atoms with Gasteiger partial charge < -0.3 is 14.2 Å². The van der Waals surface area contributed by atoms with Gasteiger partial charge in [-0.25, -0.2) is 0 Å². The molecule has 8 nitrogen and oxygen atoms in total. The topological polar surface area (TPSA) is 76.6 Å². The van der Waals surface area contributed by atoms with Crippen LogP contribution in [0.4, 0.5) is 0 Å². The molecule has 0 aliphatic carbocycles. The number of nitrogens with zero attached hydrogens (tertiary/aromatic N) is 5. The van der Waals surface area contributed by atoms with E-state index in [1.807, 2.05) is 35.9 Å². The minimum absolute atomic E-state index is 0.00303. The molecule has 1 amide bonds. The van der Waals surface area contributed by atoms with Gasteiger partial charge in [-0.2, -0.15) is 5.10 Å². The molecular formula is C18H25N5O3. The van der Waals surface area contributed by atoms with Gasteiger partial charge in [0.15, 0.2) is 0 Å². The summed E-state index contributed by atoms with van der Waals surface area (Å²) >= 11 is 0. The second-order valence-corrected chi connectivity index (χ2v) is 7.34. The zero-order valence-electron chi connectivity index (χ0n) is 15.5. The molecule has 2 aromatic heterocycles. The fourth-order valence-electron chi connectivity index (χ4n) is 4.03. The van der Waals surface area contributed by atoms with E-state index in [2.05, 4.69) is 15.2 Å². The van der Waals surface area contributed by atoms with Gasteiger partial charge >= 0.3 is 0 Å². The second-order valence-electron chi connectivity index (χ2n) is 7.34. The third-order valence-corrected chi connectivity index (χ3v) is 5.31. The Kier molecular flexibility index (Phi) is 4.54. The number of carbonyl (C=O) groups is 1. The maximum Gasteiger partial charge on any atom is 0.259 e. The minimum Gasteiger partial charge on any atom is -0.375 e. The Balaban J connectivity index is 1.43. The Morgan fingerprint density at radius 1 is 1.31 bits per heavy atom. The molecule has 4 rings (SSSR count). The predicted molar refractivity (Wildman–Crippen MR) is 93.6 cm³/mol. The first-order valence-electron chi connectivity index (χ1n) is 9.05. The Bertz CT molecular complexity index is 779. The highest BCUT2D eigenvalue weighted by Gasteiger charge is 2.39. The van der Waals surface area contributed by atoms with Crippen molar-refractivity contribution in [3.8, 4) is 0 Å². The van der Waals surface area contributed by atoms with Crippen LogP contribution in [0.25, 0.3) is 0 Å². The van der Waals surface area contributed by atoms with Gasteiger partial charge in [0.25, 0.3) is 5.91 Å². The highest BCUT2D eigenvalue weighted by Crippen LogP contribution is 2.27. The highest BCUT2D eigenvalue weighted by molar-refractivity contribution is 5.96. The van der Waals surface area contributed by atoms with Crippen molar-refractivity contribution >= 4 is 5.91 Å². The van der Waals surface area contributed by atoms with Gasteiger partial charge in [-0.15, -0.1) is 0 Å². The summed E-state index contributed by atoms with van der Waals surface area (Å²) in [4.78, 5) is 17.2. The number of aryl methyl sites for hydroxylation is 3. The maximum atomic E-state index is 12.9. The van der Waals surface area contributed by atoms with Crippen LogP contribution < -0.4 is 0 Å². The lowest BCUT2D eigenvalue weighted by Gasteiger charge is -2.22. The number of amides is 1. The third kappa shape index (κ3) is 3.26. The van der Waals surface area contributed by atoms with Crippen LogP contribution in [0, 0.1) is 19.8 Å². The van der Waals surface area contributed by atoms with Gasteiger partial charge in [-0.1, -0.05) is 5.16 Å². The van der Waals surface area contributed by atoms with Crippen molar-refractivity contribution in [2.24, 2.45) is 13.0 Å². The molecule has 8 heteroatoms. The number of hydrogen-bond acceptors (Lipinski definition) is 6. The molecule has 0 saturated carbocycles. The molecule has 2 aromatic rings. The normalized spacial score (nSPS) is 23.9. The number of hydrogen-bond donors (Lipinski definition) is 0. The molecule has 0 bridgehead atoms. The van der Waals surface area contributed by atoms with E-state index in [9.17, 15) is 4.79 Å². The van der Waals surface area contributed by atoms with Crippen LogP contribution in [-0.4, -0.2) is 69.5 Å². The Morgan fingerprint density at radius 2 is 2.15 bits per heavy atom. The van der Waals surface area contributed by atoms with Gasteiger partial charge in [0, 0.05) is 57.4 Å². The standard InChI is InChI=1S/C18H25N5O3/c1-12-17(13(2)26-20-12)18(24)23-10-15-9-22(4-5-25-16(15)11-23)8-14-6-19-21(3)7-14/h6-7,15-16H,4-5,8-11H2,1-3H3/t15-,16+/m0/s1. The largest absolute Gasteiger partial charge is 0.375 e. The first kappa shape index (κ1) is 17.2. The van der Waals surface area contributed by atoms with Crippen molar-refractivity contribution in [3.63, 3.8) is 0 Å². The van der Waals surface area contributed by atoms with E-state index in [1.165, 1.54) is 5.56 Å². The lowest BCUT2D eigenvalue weighted by Crippen LogP contribution is -2.34. The molecule has 0 radical (unpaired) electrons. The average Bonchev–Trinajstić information content (AvgIpc) is 3.25. The van der Waals surface area contributed by atoms with Gasteiger partial charge in [-0.05, 0) is 13.8 Å². The van der Waals surface area contributed by atoms with Crippen LogP contribution in [0.15, 0.2) is 16.9 Å². The summed E-state index contributed by atoms with van der Waals surface area (Å²) in [5.74, 6) is 0.897. The number of ether oxygens (including phenoxy) is 1. The van der Waals surface area contributed by atoms with Crippen LogP contribution in [0.3, 0.4) is 0 Å². The van der Waals surface area contributed by atoms with E-state index in [0.717, 1.165) is 19.6 Å². The summed E-state index contributed by atoms with van der Waals surface area (Å²) < 4.78 is 13.0. The smallest absolute Gasteiger partial charge is 0.259 e. The maximum absolute atomic E-state index is 12.9. The van der Waals surface area contributed by atoms with Gasteiger partial charge in [0.1, 0.15) is 11.3 Å². The molecule has 0 N–H and O–H groups in total. The minimum atomic E-state index is -0.00303. The number of likely N-dealkylation sites (tertiary alicyclic amines) is 1. The van der Waals surface area contributed by atoms with Gasteiger partial charge in [-0.3, -0.25) is 14.4 Å². The molecular weight excluding hydrogens is 334 g/mol. The van der Waals surface area contributed by atoms with Crippen LogP contribution in [0.5, 0.6) is 0 Å². The molecule has 0 spiro atoms. The SMILES string of the molecule is Cc1noc(C)c1C(=O)N1C[C@@H]2CN(Cc3cnn(C)c3)CCO[C@@H]2C1. The molecule has 2 aliphatic rings. The summed E-state index contributed by atoms with van der Waals surface area (Å²) in [5.41, 5.74) is 2.44. The molecule has 2 aliphatic heterocycles. The quantitative estimate of drug-likeness (QED) is 0.814. The Hall–Kier alpha value is -2.19. The molecule has 0 unspecified atom stereocenters. The van der Waals surface area contributed by atoms with Crippen molar-refractivity contribution < 1.29 is 14.1 Å². The summed E-state index contributed by atoms with van der Waals surface area (Å²) in [6.07, 6.45) is 4.05. The molecule has 2 atom stereocenters. The summed E-state index contributed by atoms with van der Waals surface area (Å²) in [6.45, 7) is 8.31. The zero-order valence-corrected chi connectivity index (χ0v) is 15.5. The van der Waals surface area contributed by atoms with Crippen LogP contribution in [0.2, 0.25) is 0 Å². The Labute approximate surface area is 152 Å². The van der Waals surface area contributed by atoms with Crippen molar-refractivity contribution in [2.75, 3.05) is 32.8 Å². The van der Waals surface area contributed by atoms with Crippen molar-refractivity contribution in [3.05, 3.63) is 35.0 Å². The first-order valence-corrected chi connectivity index (χ1v) is 9.05. The van der Waals surface area contributed by atoms with E-state index in [4.69, 9.17) is 9.26 Å². The number of aromatic nitrogens is 3. The lowest BCUT2D eigenvalue weighted by atomic mass is 10.1. The number of fused-ring (bicyclic) bond motifs is 1. The fourth-order valence-corrected chi connectivity index (χ4v) is 4.03. The van der Waals surface area contributed by atoms with Crippen LogP contribution >= 0.6 is 0 Å². The van der Waals surface area contributed by atoms with Gasteiger partial charge in [0.2, 0.25) is 0 Å². The van der Waals surface area contributed by atoms with Gasteiger partial charge in [0.05, 0.1) is 24.6 Å². The lowest BCUT2D eigenvalue weighted by molar-refractivity contribution is 0.0483. The Morgan fingerprint density at radius 3 is 2.85 bits per heavy atom. The summed E-state index contributed by atoms with van der Waals surface area (Å²) in [7, 11) is 1.93. The molecule has 2 fully saturated rings. The van der Waals surface area contributed by atoms with E-state index in [1.54, 1.807) is 6.92 Å². The fraction of sp³-hybridized carbons (Fsp3) is 0.611. The second kappa shape index (κ2) is 6.85.